The van der Waals surface area contributed by atoms with Crippen LogP contribution in [0, 0.1) is 5.92 Å². The third kappa shape index (κ3) is 7.25. The van der Waals surface area contributed by atoms with E-state index in [1.165, 1.54) is 11.5 Å². The zero-order chi connectivity index (χ0) is 10.8. The smallest absolute Gasteiger partial charge is 0.308 e. The molecule has 0 aromatic rings. The average molecular weight is 218 g/mol. The van der Waals surface area contributed by atoms with Crippen LogP contribution in [0.5, 0.6) is 0 Å². The van der Waals surface area contributed by atoms with Crippen molar-refractivity contribution in [2.45, 2.75) is 40.0 Å². The standard InChI is InChI=1S/C11H22O2S/c1-4-10(3)11(12)13-8-6-7-9-14-5-2/h10H,4-9H2,1-3H3. The molecule has 0 fully saturated rings. The van der Waals surface area contributed by atoms with Gasteiger partial charge < -0.3 is 4.74 Å². The first-order valence-electron chi connectivity index (χ1n) is 5.46. The van der Waals surface area contributed by atoms with Gasteiger partial charge in [-0.3, -0.25) is 4.79 Å². The highest BCUT2D eigenvalue weighted by atomic mass is 32.2. The fourth-order valence-electron chi connectivity index (χ4n) is 0.932. The lowest BCUT2D eigenvalue weighted by Gasteiger charge is -2.08. The van der Waals surface area contributed by atoms with E-state index in [9.17, 15) is 4.79 Å². The molecule has 0 aliphatic carbocycles. The van der Waals surface area contributed by atoms with Gasteiger partial charge in [0.15, 0.2) is 0 Å². The number of hydrogen-bond acceptors (Lipinski definition) is 3. The number of unbranched alkanes of at least 4 members (excludes halogenated alkanes) is 1. The molecule has 1 atom stereocenters. The van der Waals surface area contributed by atoms with E-state index >= 15 is 0 Å². The predicted molar refractivity (Wildman–Crippen MR) is 62.6 cm³/mol. The summed E-state index contributed by atoms with van der Waals surface area (Å²) in [6.45, 7) is 6.67. The number of hydrogen-bond donors (Lipinski definition) is 0. The van der Waals surface area contributed by atoms with Crippen LogP contribution >= 0.6 is 11.8 Å². The van der Waals surface area contributed by atoms with Gasteiger partial charge in [-0.15, -0.1) is 0 Å². The Bertz CT molecular complexity index is 148. The van der Waals surface area contributed by atoms with Gasteiger partial charge in [0, 0.05) is 0 Å². The molecule has 1 unspecified atom stereocenters. The molecule has 0 N–H and O–H groups in total. The molecular weight excluding hydrogens is 196 g/mol. The van der Waals surface area contributed by atoms with E-state index in [-0.39, 0.29) is 11.9 Å². The van der Waals surface area contributed by atoms with Gasteiger partial charge in [-0.2, -0.15) is 11.8 Å². The van der Waals surface area contributed by atoms with Crippen molar-refractivity contribution in [2.75, 3.05) is 18.1 Å². The van der Waals surface area contributed by atoms with Gasteiger partial charge in [-0.05, 0) is 30.8 Å². The van der Waals surface area contributed by atoms with Gasteiger partial charge in [0.2, 0.25) is 0 Å². The van der Waals surface area contributed by atoms with Crippen molar-refractivity contribution in [3.63, 3.8) is 0 Å². The summed E-state index contributed by atoms with van der Waals surface area (Å²) in [5.74, 6) is 2.36. The number of ether oxygens (including phenoxy) is 1. The van der Waals surface area contributed by atoms with Crippen LogP contribution in [0.15, 0.2) is 0 Å². The SMILES string of the molecule is CCSCCCCOC(=O)C(C)CC. The first-order valence-corrected chi connectivity index (χ1v) is 6.62. The van der Waals surface area contributed by atoms with Crippen molar-refractivity contribution < 1.29 is 9.53 Å². The molecule has 0 aliphatic heterocycles. The van der Waals surface area contributed by atoms with Crippen molar-refractivity contribution in [2.24, 2.45) is 5.92 Å². The molecule has 0 radical (unpaired) electrons. The van der Waals surface area contributed by atoms with Crippen molar-refractivity contribution in [1.29, 1.82) is 0 Å². The van der Waals surface area contributed by atoms with E-state index in [1.807, 2.05) is 25.6 Å². The van der Waals surface area contributed by atoms with Crippen LogP contribution in [0.4, 0.5) is 0 Å². The topological polar surface area (TPSA) is 26.3 Å². The quantitative estimate of drug-likeness (QED) is 0.462. The molecule has 84 valence electrons. The van der Waals surface area contributed by atoms with Crippen LogP contribution in [-0.2, 0) is 9.53 Å². The predicted octanol–water partition coefficient (Wildman–Crippen LogP) is 3.11. The molecule has 0 rings (SSSR count). The summed E-state index contributed by atoms with van der Waals surface area (Å²) in [6.07, 6.45) is 3.01. The molecule has 0 amide bonds. The van der Waals surface area contributed by atoms with E-state index in [0.29, 0.717) is 6.61 Å². The van der Waals surface area contributed by atoms with E-state index < -0.39 is 0 Å². The fourth-order valence-corrected chi connectivity index (χ4v) is 1.63. The molecule has 0 aromatic carbocycles. The van der Waals surface area contributed by atoms with Crippen LogP contribution < -0.4 is 0 Å². The van der Waals surface area contributed by atoms with Gasteiger partial charge in [-0.1, -0.05) is 20.8 Å². The van der Waals surface area contributed by atoms with E-state index in [4.69, 9.17) is 4.74 Å². The van der Waals surface area contributed by atoms with Gasteiger partial charge in [0.1, 0.15) is 0 Å². The summed E-state index contributed by atoms with van der Waals surface area (Å²) in [5.41, 5.74) is 0. The number of carbonyl (C=O) groups is 1. The minimum absolute atomic E-state index is 0.0457. The summed E-state index contributed by atoms with van der Waals surface area (Å²) < 4.78 is 5.13. The zero-order valence-corrected chi connectivity index (χ0v) is 10.4. The maximum absolute atomic E-state index is 11.2. The lowest BCUT2D eigenvalue weighted by Crippen LogP contribution is -2.14. The average Bonchev–Trinajstić information content (AvgIpc) is 2.21. The molecule has 0 bridgehead atoms. The third-order valence-corrected chi connectivity index (χ3v) is 3.13. The van der Waals surface area contributed by atoms with Crippen LogP contribution in [0.1, 0.15) is 40.0 Å². The summed E-state index contributed by atoms with van der Waals surface area (Å²) in [4.78, 5) is 11.2. The summed E-state index contributed by atoms with van der Waals surface area (Å²) in [7, 11) is 0. The van der Waals surface area contributed by atoms with Crippen LogP contribution in [-0.4, -0.2) is 24.1 Å². The van der Waals surface area contributed by atoms with Crippen LogP contribution in [0.2, 0.25) is 0 Å². The number of thioether (sulfide) groups is 1. The van der Waals surface area contributed by atoms with E-state index in [1.54, 1.807) is 0 Å². The molecule has 0 spiro atoms. The highest BCUT2D eigenvalue weighted by Crippen LogP contribution is 2.06. The Balaban J connectivity index is 3.23. The molecule has 0 aromatic heterocycles. The maximum Gasteiger partial charge on any atom is 0.308 e. The van der Waals surface area contributed by atoms with Gasteiger partial charge in [-0.25, -0.2) is 0 Å². The molecule has 2 nitrogen and oxygen atoms in total. The first kappa shape index (κ1) is 13.8. The minimum atomic E-state index is -0.0457. The molecule has 0 saturated carbocycles. The molecule has 14 heavy (non-hydrogen) atoms. The molecule has 0 saturated heterocycles. The van der Waals surface area contributed by atoms with Crippen LogP contribution in [0.3, 0.4) is 0 Å². The lowest BCUT2D eigenvalue weighted by molar-refractivity contribution is -0.148. The van der Waals surface area contributed by atoms with Crippen molar-refractivity contribution >= 4 is 17.7 Å². The zero-order valence-electron chi connectivity index (χ0n) is 9.54. The lowest BCUT2D eigenvalue weighted by atomic mass is 10.1. The summed E-state index contributed by atoms with van der Waals surface area (Å²) in [6, 6.07) is 0. The molecule has 0 heterocycles. The maximum atomic E-state index is 11.2. The van der Waals surface area contributed by atoms with E-state index in [2.05, 4.69) is 6.92 Å². The van der Waals surface area contributed by atoms with E-state index in [0.717, 1.165) is 19.3 Å². The third-order valence-electron chi connectivity index (χ3n) is 2.15. The Kier molecular flexibility index (Phi) is 9.26. The Morgan fingerprint density at radius 2 is 2.07 bits per heavy atom. The first-order chi connectivity index (χ1) is 6.72. The largest absolute Gasteiger partial charge is 0.465 e. The highest BCUT2D eigenvalue weighted by molar-refractivity contribution is 7.99. The molecule has 0 aliphatic rings. The highest BCUT2D eigenvalue weighted by Gasteiger charge is 2.10. The Labute approximate surface area is 91.8 Å². The number of rotatable bonds is 8. The molecule has 3 heteroatoms. The Morgan fingerprint density at radius 1 is 1.36 bits per heavy atom. The number of carbonyl (C=O) groups excluding carboxylic acids is 1. The van der Waals surface area contributed by atoms with Crippen molar-refractivity contribution in [3.05, 3.63) is 0 Å². The molecular formula is C11H22O2S. The second-order valence-corrected chi connectivity index (χ2v) is 4.77. The second-order valence-electron chi connectivity index (χ2n) is 3.38. The van der Waals surface area contributed by atoms with Gasteiger partial charge >= 0.3 is 5.97 Å². The van der Waals surface area contributed by atoms with Crippen molar-refractivity contribution in [3.8, 4) is 0 Å². The Morgan fingerprint density at radius 3 is 2.64 bits per heavy atom. The van der Waals surface area contributed by atoms with Crippen molar-refractivity contribution in [1.82, 2.24) is 0 Å². The summed E-state index contributed by atoms with van der Waals surface area (Å²) >= 11 is 1.94. The monoisotopic (exact) mass is 218 g/mol. The minimum Gasteiger partial charge on any atom is -0.465 e. The second kappa shape index (κ2) is 9.38. The summed E-state index contributed by atoms with van der Waals surface area (Å²) in [5, 5.41) is 0. The normalized spacial score (nSPS) is 12.5. The Hall–Kier alpha value is -0.180. The fraction of sp³-hybridized carbons (Fsp3) is 0.909. The number of esters is 1. The van der Waals surface area contributed by atoms with Gasteiger partial charge in [0.25, 0.3) is 0 Å². The van der Waals surface area contributed by atoms with Gasteiger partial charge in [0.05, 0.1) is 12.5 Å². The van der Waals surface area contributed by atoms with Crippen LogP contribution in [0.25, 0.3) is 0 Å².